The van der Waals surface area contributed by atoms with Crippen LogP contribution in [0.4, 0.5) is 5.69 Å². The second-order valence-corrected chi connectivity index (χ2v) is 5.67. The molecule has 0 N–H and O–H groups in total. The van der Waals surface area contributed by atoms with Crippen molar-refractivity contribution in [3.8, 4) is 11.5 Å². The van der Waals surface area contributed by atoms with Crippen LogP contribution in [0.2, 0.25) is 5.02 Å². The van der Waals surface area contributed by atoms with E-state index < -0.39 is 10.9 Å². The molecule has 1 heterocycles. The normalized spacial score (nSPS) is 10.5. The maximum atomic E-state index is 11.9. The zero-order valence-electron chi connectivity index (χ0n) is 13.3. The molecular formula is C17H12ClN3O5. The summed E-state index contributed by atoms with van der Waals surface area (Å²) in [5.41, 5.74) is 0.821. The third-order valence-corrected chi connectivity index (χ3v) is 3.69. The molecule has 0 aliphatic rings. The molecule has 0 saturated heterocycles. The first-order valence-corrected chi connectivity index (χ1v) is 7.87. The molecule has 0 aliphatic carbocycles. The Balaban J connectivity index is 1.60. The van der Waals surface area contributed by atoms with Gasteiger partial charge in [-0.25, -0.2) is 0 Å². The maximum Gasteiger partial charge on any atom is 0.311 e. The van der Waals surface area contributed by atoms with Crippen molar-refractivity contribution < 1.29 is 18.9 Å². The van der Waals surface area contributed by atoms with Crippen molar-refractivity contribution >= 4 is 23.3 Å². The molecule has 26 heavy (non-hydrogen) atoms. The Kier molecular flexibility index (Phi) is 5.23. The molecule has 0 amide bonds. The summed E-state index contributed by atoms with van der Waals surface area (Å²) in [5, 5.41) is 19.2. The summed E-state index contributed by atoms with van der Waals surface area (Å²) in [6.45, 7) is -0.222. The minimum Gasteiger partial charge on any atom is -0.455 e. The molecule has 8 nitrogen and oxygen atoms in total. The van der Waals surface area contributed by atoms with Crippen LogP contribution >= 0.6 is 11.6 Å². The van der Waals surface area contributed by atoms with Crippen LogP contribution in [0.15, 0.2) is 52.9 Å². The first kappa shape index (κ1) is 17.6. The quantitative estimate of drug-likeness (QED) is 0.369. The second-order valence-electron chi connectivity index (χ2n) is 5.23. The summed E-state index contributed by atoms with van der Waals surface area (Å²) >= 11 is 5.82. The van der Waals surface area contributed by atoms with E-state index in [1.807, 2.05) is 0 Å². The van der Waals surface area contributed by atoms with Crippen molar-refractivity contribution in [3.63, 3.8) is 0 Å². The molecule has 0 unspecified atom stereocenters. The van der Waals surface area contributed by atoms with Gasteiger partial charge in [0.1, 0.15) is 0 Å². The van der Waals surface area contributed by atoms with Crippen molar-refractivity contribution in [2.45, 2.75) is 13.0 Å². The zero-order valence-corrected chi connectivity index (χ0v) is 14.0. The summed E-state index contributed by atoms with van der Waals surface area (Å²) in [5.74, 6) is -0.247. The highest BCUT2D eigenvalue weighted by Gasteiger charge is 2.17. The number of hydrogen-bond acceptors (Lipinski definition) is 7. The topological polar surface area (TPSA) is 108 Å². The minimum atomic E-state index is -0.634. The number of esters is 1. The monoisotopic (exact) mass is 373 g/mol. The summed E-state index contributed by atoms with van der Waals surface area (Å²) in [4.78, 5) is 22.3. The predicted octanol–water partition coefficient (Wildman–Crippen LogP) is 3.58. The van der Waals surface area contributed by atoms with Gasteiger partial charge in [-0.2, -0.15) is 0 Å². The van der Waals surface area contributed by atoms with Crippen LogP contribution in [0.5, 0.6) is 0 Å². The van der Waals surface area contributed by atoms with Gasteiger partial charge in [0.15, 0.2) is 6.61 Å². The maximum absolute atomic E-state index is 11.9. The van der Waals surface area contributed by atoms with Gasteiger partial charge >= 0.3 is 5.97 Å². The molecule has 0 spiro atoms. The van der Waals surface area contributed by atoms with E-state index >= 15 is 0 Å². The summed E-state index contributed by atoms with van der Waals surface area (Å²) < 4.78 is 10.5. The number of rotatable bonds is 6. The van der Waals surface area contributed by atoms with Crippen molar-refractivity contribution in [2.75, 3.05) is 0 Å². The fraction of sp³-hybridized carbons (Fsp3) is 0.118. The number of ether oxygens (including phenoxy) is 1. The van der Waals surface area contributed by atoms with E-state index in [9.17, 15) is 14.9 Å². The van der Waals surface area contributed by atoms with E-state index in [0.29, 0.717) is 10.6 Å². The fourth-order valence-corrected chi connectivity index (χ4v) is 2.33. The van der Waals surface area contributed by atoms with E-state index in [1.54, 1.807) is 30.3 Å². The minimum absolute atomic E-state index is 0.117. The Hall–Kier alpha value is -3.26. The Bertz CT molecular complexity index is 940. The Morgan fingerprint density at radius 3 is 2.62 bits per heavy atom. The van der Waals surface area contributed by atoms with E-state index in [-0.39, 0.29) is 36.1 Å². The summed E-state index contributed by atoms with van der Waals surface area (Å²) in [7, 11) is 0. The number of para-hydroxylation sites is 1. The molecule has 0 atom stereocenters. The Morgan fingerprint density at radius 1 is 1.15 bits per heavy atom. The number of carbonyl (C=O) groups excluding carboxylic acids is 1. The predicted molar refractivity (Wildman–Crippen MR) is 91.3 cm³/mol. The molecule has 1 aromatic heterocycles. The first-order valence-electron chi connectivity index (χ1n) is 7.49. The van der Waals surface area contributed by atoms with Crippen LogP contribution in [0.1, 0.15) is 11.5 Å². The van der Waals surface area contributed by atoms with Gasteiger partial charge in [-0.3, -0.25) is 14.9 Å². The third-order valence-electron chi connectivity index (χ3n) is 3.44. The lowest BCUT2D eigenvalue weighted by Crippen LogP contribution is -2.09. The van der Waals surface area contributed by atoms with Crippen LogP contribution in [-0.4, -0.2) is 21.1 Å². The molecule has 2 aromatic carbocycles. The Morgan fingerprint density at radius 2 is 1.88 bits per heavy atom. The lowest BCUT2D eigenvalue weighted by Gasteiger charge is -2.03. The molecule has 0 radical (unpaired) electrons. The SMILES string of the molecule is O=C(Cc1ccccc1[N+](=O)[O-])OCc1nnc(-c2ccc(Cl)cc2)o1. The van der Waals surface area contributed by atoms with Crippen LogP contribution in [0.25, 0.3) is 11.5 Å². The van der Waals surface area contributed by atoms with Gasteiger partial charge in [-0.05, 0) is 24.3 Å². The Labute approximate surface area is 152 Å². The fourth-order valence-electron chi connectivity index (χ4n) is 2.21. The highest BCUT2D eigenvalue weighted by atomic mass is 35.5. The number of benzene rings is 2. The number of nitro benzene ring substituents is 1. The highest BCUT2D eigenvalue weighted by molar-refractivity contribution is 6.30. The summed E-state index contributed by atoms with van der Waals surface area (Å²) in [6.07, 6.45) is -0.227. The van der Waals surface area contributed by atoms with Crippen LogP contribution in [-0.2, 0) is 22.6 Å². The van der Waals surface area contributed by atoms with Gasteiger partial charge in [-0.15, -0.1) is 10.2 Å². The van der Waals surface area contributed by atoms with E-state index in [1.165, 1.54) is 18.2 Å². The second kappa shape index (κ2) is 7.75. The molecular weight excluding hydrogens is 362 g/mol. The molecule has 9 heteroatoms. The smallest absolute Gasteiger partial charge is 0.311 e. The van der Waals surface area contributed by atoms with Gasteiger partial charge in [-0.1, -0.05) is 29.8 Å². The van der Waals surface area contributed by atoms with Crippen LogP contribution in [0.3, 0.4) is 0 Å². The lowest BCUT2D eigenvalue weighted by molar-refractivity contribution is -0.385. The molecule has 0 fully saturated rings. The average molecular weight is 374 g/mol. The number of carbonyl (C=O) groups is 1. The molecule has 132 valence electrons. The number of nitrogens with zero attached hydrogens (tertiary/aromatic N) is 3. The molecule has 3 rings (SSSR count). The first-order chi connectivity index (χ1) is 12.5. The number of halogens is 1. The van der Waals surface area contributed by atoms with Crippen molar-refractivity contribution in [2.24, 2.45) is 0 Å². The standard InChI is InChI=1S/C17H12ClN3O5/c18-13-7-5-11(6-8-13)17-20-19-15(26-17)10-25-16(22)9-12-3-1-2-4-14(12)21(23)24/h1-8H,9-10H2. The average Bonchev–Trinajstić information content (AvgIpc) is 3.10. The summed E-state index contributed by atoms with van der Waals surface area (Å²) in [6, 6.07) is 12.8. The zero-order chi connectivity index (χ0) is 18.5. The molecule has 0 saturated carbocycles. The van der Waals surface area contributed by atoms with E-state index in [4.69, 9.17) is 20.8 Å². The van der Waals surface area contributed by atoms with Gasteiger partial charge in [0.05, 0.1) is 11.3 Å². The molecule has 3 aromatic rings. The highest BCUT2D eigenvalue weighted by Crippen LogP contribution is 2.21. The van der Waals surface area contributed by atoms with E-state index in [2.05, 4.69) is 10.2 Å². The van der Waals surface area contributed by atoms with Gasteiger partial charge in [0.2, 0.25) is 5.89 Å². The number of hydrogen-bond donors (Lipinski definition) is 0. The largest absolute Gasteiger partial charge is 0.455 e. The van der Waals surface area contributed by atoms with Crippen molar-refractivity contribution in [3.05, 3.63) is 75.1 Å². The van der Waals surface area contributed by atoms with Crippen molar-refractivity contribution in [1.29, 1.82) is 0 Å². The van der Waals surface area contributed by atoms with Crippen molar-refractivity contribution in [1.82, 2.24) is 10.2 Å². The van der Waals surface area contributed by atoms with E-state index in [0.717, 1.165) is 0 Å². The number of nitro groups is 1. The number of aromatic nitrogens is 2. The van der Waals surface area contributed by atoms with Crippen LogP contribution < -0.4 is 0 Å². The van der Waals surface area contributed by atoms with Crippen LogP contribution in [0, 0.1) is 10.1 Å². The van der Waals surface area contributed by atoms with Gasteiger partial charge in [0.25, 0.3) is 11.6 Å². The molecule has 0 bridgehead atoms. The third kappa shape index (κ3) is 4.22. The van der Waals surface area contributed by atoms with Gasteiger partial charge in [0, 0.05) is 22.2 Å². The lowest BCUT2D eigenvalue weighted by atomic mass is 10.1. The van der Waals surface area contributed by atoms with Gasteiger partial charge < -0.3 is 9.15 Å². The molecule has 0 aliphatic heterocycles.